The van der Waals surface area contributed by atoms with Crippen LogP contribution in [0.15, 0.2) is 4.99 Å². The van der Waals surface area contributed by atoms with Crippen LogP contribution in [0.1, 0.15) is 33.6 Å². The molecular formula is C17H36IN5O2. The first kappa shape index (κ1) is 24.2. The van der Waals surface area contributed by atoms with Gasteiger partial charge in [0.25, 0.3) is 0 Å². The molecule has 0 radical (unpaired) electrons. The number of rotatable bonds is 8. The first-order valence-electron chi connectivity index (χ1n) is 9.25. The van der Waals surface area contributed by atoms with Gasteiger partial charge in [-0.2, -0.15) is 0 Å². The standard InChI is InChI=1S/C17H35N5O2.HI/c1-5-20(6-2)11-9-8-10-19-16(18-4)21-12-14-22(15-13-21)17(23)24-7-3;/h5-15H2,1-4H3,(H,18,19);1H. The molecule has 0 aromatic rings. The number of piperazine rings is 1. The van der Waals surface area contributed by atoms with Crippen LogP contribution in [0.25, 0.3) is 0 Å². The molecule has 0 aliphatic carbocycles. The van der Waals surface area contributed by atoms with E-state index in [1.54, 1.807) is 4.90 Å². The maximum Gasteiger partial charge on any atom is 0.409 e. The van der Waals surface area contributed by atoms with Crippen molar-refractivity contribution in [3.63, 3.8) is 0 Å². The van der Waals surface area contributed by atoms with Crippen LogP contribution >= 0.6 is 24.0 Å². The number of ether oxygens (including phenoxy) is 1. The number of hydrogen-bond acceptors (Lipinski definition) is 4. The lowest BCUT2D eigenvalue weighted by Crippen LogP contribution is -2.54. The number of amides is 1. The topological polar surface area (TPSA) is 60.4 Å². The van der Waals surface area contributed by atoms with Gasteiger partial charge in [0, 0.05) is 39.8 Å². The molecule has 0 spiro atoms. The average molecular weight is 469 g/mol. The number of halogens is 1. The molecule has 0 aromatic heterocycles. The minimum atomic E-state index is -0.212. The molecule has 148 valence electrons. The van der Waals surface area contributed by atoms with E-state index in [4.69, 9.17) is 4.74 Å². The number of hydrogen-bond donors (Lipinski definition) is 1. The van der Waals surface area contributed by atoms with E-state index in [-0.39, 0.29) is 30.1 Å². The lowest BCUT2D eigenvalue weighted by molar-refractivity contribution is 0.0914. The number of nitrogens with one attached hydrogen (secondary N) is 1. The van der Waals surface area contributed by atoms with Gasteiger partial charge in [0.15, 0.2) is 5.96 Å². The van der Waals surface area contributed by atoms with Gasteiger partial charge in [0.05, 0.1) is 6.61 Å². The van der Waals surface area contributed by atoms with Crippen LogP contribution in [-0.4, -0.2) is 92.8 Å². The first-order chi connectivity index (χ1) is 11.7. The monoisotopic (exact) mass is 469 g/mol. The molecule has 0 saturated carbocycles. The van der Waals surface area contributed by atoms with Crippen molar-refractivity contribution >= 4 is 36.0 Å². The molecule has 7 nitrogen and oxygen atoms in total. The smallest absolute Gasteiger partial charge is 0.409 e. The third-order valence-electron chi connectivity index (χ3n) is 4.40. The molecule has 1 aliphatic heterocycles. The van der Waals surface area contributed by atoms with E-state index in [2.05, 4.69) is 34.0 Å². The van der Waals surface area contributed by atoms with Crippen LogP contribution in [0.4, 0.5) is 4.79 Å². The summed E-state index contributed by atoms with van der Waals surface area (Å²) in [6.07, 6.45) is 2.12. The van der Waals surface area contributed by atoms with Gasteiger partial charge in [-0.3, -0.25) is 4.99 Å². The second-order valence-electron chi connectivity index (χ2n) is 5.88. The molecule has 0 atom stereocenters. The van der Waals surface area contributed by atoms with Crippen LogP contribution < -0.4 is 5.32 Å². The van der Waals surface area contributed by atoms with Crippen LogP contribution in [0, 0.1) is 0 Å². The van der Waals surface area contributed by atoms with Gasteiger partial charge in [-0.15, -0.1) is 24.0 Å². The predicted octanol–water partition coefficient (Wildman–Crippen LogP) is 2.08. The van der Waals surface area contributed by atoms with E-state index >= 15 is 0 Å². The van der Waals surface area contributed by atoms with Crippen LogP contribution in [-0.2, 0) is 4.74 Å². The molecule has 0 bridgehead atoms. The van der Waals surface area contributed by atoms with Crippen molar-refractivity contribution in [2.45, 2.75) is 33.6 Å². The Morgan fingerprint density at radius 3 is 2.20 bits per heavy atom. The summed E-state index contributed by atoms with van der Waals surface area (Å²) in [7, 11) is 1.82. The second-order valence-corrected chi connectivity index (χ2v) is 5.88. The van der Waals surface area contributed by atoms with E-state index < -0.39 is 0 Å². The summed E-state index contributed by atoms with van der Waals surface area (Å²) >= 11 is 0. The fourth-order valence-electron chi connectivity index (χ4n) is 2.85. The SMILES string of the molecule is CCOC(=O)N1CCN(C(=NC)NCCCCN(CC)CC)CC1.I. The van der Waals surface area contributed by atoms with E-state index in [0.29, 0.717) is 19.7 Å². The quantitative estimate of drug-likeness (QED) is 0.255. The minimum absolute atomic E-state index is 0. The Balaban J connectivity index is 0.00000576. The average Bonchev–Trinajstić information content (AvgIpc) is 2.62. The Morgan fingerprint density at radius 1 is 1.08 bits per heavy atom. The zero-order chi connectivity index (χ0) is 17.8. The van der Waals surface area contributed by atoms with Crippen molar-refractivity contribution in [3.8, 4) is 0 Å². The highest BCUT2D eigenvalue weighted by atomic mass is 127. The van der Waals surface area contributed by atoms with E-state index in [9.17, 15) is 4.79 Å². The molecule has 25 heavy (non-hydrogen) atoms. The van der Waals surface area contributed by atoms with Crippen molar-refractivity contribution in [2.75, 3.05) is 66.0 Å². The Labute approximate surface area is 170 Å². The Bertz CT molecular complexity index is 383. The second kappa shape index (κ2) is 14.4. The number of unbranched alkanes of at least 4 members (excludes halogenated alkanes) is 1. The van der Waals surface area contributed by atoms with Crippen molar-refractivity contribution in [3.05, 3.63) is 0 Å². The van der Waals surface area contributed by atoms with Crippen molar-refractivity contribution in [1.29, 1.82) is 0 Å². The Morgan fingerprint density at radius 2 is 1.68 bits per heavy atom. The first-order valence-corrected chi connectivity index (χ1v) is 9.25. The molecule has 8 heteroatoms. The van der Waals surface area contributed by atoms with Gasteiger partial charge in [-0.1, -0.05) is 13.8 Å². The summed E-state index contributed by atoms with van der Waals surface area (Å²) in [5.41, 5.74) is 0. The molecule has 1 amide bonds. The van der Waals surface area contributed by atoms with E-state index in [1.807, 2.05) is 14.0 Å². The van der Waals surface area contributed by atoms with Gasteiger partial charge in [-0.05, 0) is 39.4 Å². The zero-order valence-corrected chi connectivity index (χ0v) is 18.6. The summed E-state index contributed by atoms with van der Waals surface area (Å²) in [5, 5.41) is 3.44. The molecule has 1 fully saturated rings. The molecule has 1 saturated heterocycles. The molecule has 1 aliphatic rings. The van der Waals surface area contributed by atoms with Gasteiger partial charge in [0.2, 0.25) is 0 Å². The highest BCUT2D eigenvalue weighted by Crippen LogP contribution is 2.04. The van der Waals surface area contributed by atoms with Crippen LogP contribution in [0.5, 0.6) is 0 Å². The largest absolute Gasteiger partial charge is 0.450 e. The van der Waals surface area contributed by atoms with Gasteiger partial charge in [0.1, 0.15) is 0 Å². The Kier molecular flexibility index (Phi) is 14.0. The van der Waals surface area contributed by atoms with Gasteiger partial charge in [-0.25, -0.2) is 4.79 Å². The molecule has 0 aromatic carbocycles. The maximum atomic E-state index is 11.7. The number of aliphatic imine (C=N–C) groups is 1. The normalized spacial score (nSPS) is 15.2. The lowest BCUT2D eigenvalue weighted by Gasteiger charge is -2.35. The fraction of sp³-hybridized carbons (Fsp3) is 0.882. The van der Waals surface area contributed by atoms with Crippen molar-refractivity contribution < 1.29 is 9.53 Å². The predicted molar refractivity (Wildman–Crippen MR) is 114 cm³/mol. The summed E-state index contributed by atoms with van der Waals surface area (Å²) in [4.78, 5) is 22.5. The van der Waals surface area contributed by atoms with E-state index in [1.165, 1.54) is 6.42 Å². The zero-order valence-electron chi connectivity index (χ0n) is 16.3. The van der Waals surface area contributed by atoms with Gasteiger partial charge < -0.3 is 24.8 Å². The molecular weight excluding hydrogens is 433 g/mol. The van der Waals surface area contributed by atoms with Crippen LogP contribution in [0.2, 0.25) is 0 Å². The fourth-order valence-corrected chi connectivity index (χ4v) is 2.85. The number of guanidine groups is 1. The minimum Gasteiger partial charge on any atom is -0.450 e. The third kappa shape index (κ3) is 8.94. The van der Waals surface area contributed by atoms with Crippen molar-refractivity contribution in [1.82, 2.24) is 20.0 Å². The van der Waals surface area contributed by atoms with Gasteiger partial charge >= 0.3 is 6.09 Å². The number of nitrogens with zero attached hydrogens (tertiary/aromatic N) is 4. The maximum absolute atomic E-state index is 11.7. The van der Waals surface area contributed by atoms with Crippen LogP contribution in [0.3, 0.4) is 0 Å². The molecule has 0 unspecified atom stereocenters. The molecule has 1 rings (SSSR count). The molecule has 1 heterocycles. The highest BCUT2D eigenvalue weighted by molar-refractivity contribution is 14.0. The van der Waals surface area contributed by atoms with Crippen molar-refractivity contribution in [2.24, 2.45) is 4.99 Å². The lowest BCUT2D eigenvalue weighted by atomic mass is 10.3. The highest BCUT2D eigenvalue weighted by Gasteiger charge is 2.23. The third-order valence-corrected chi connectivity index (χ3v) is 4.40. The summed E-state index contributed by atoms with van der Waals surface area (Å²) < 4.78 is 5.05. The number of carbonyl (C=O) groups is 1. The Hall–Kier alpha value is -0.770. The summed E-state index contributed by atoms with van der Waals surface area (Å²) in [6.45, 7) is 14.0. The summed E-state index contributed by atoms with van der Waals surface area (Å²) in [5.74, 6) is 0.932. The van der Waals surface area contributed by atoms with E-state index in [0.717, 1.165) is 51.6 Å². The summed E-state index contributed by atoms with van der Waals surface area (Å²) in [6, 6.07) is 0. The molecule has 1 N–H and O–H groups in total. The number of carbonyl (C=O) groups excluding carboxylic acids is 1.